The number of alkyl halides is 3. The average molecular weight is 286 g/mol. The number of halogens is 4. The maximum absolute atomic E-state index is 12.8. The minimum atomic E-state index is -4.36. The topological polar surface area (TPSA) is 12.0 Å². The molecule has 0 unspecified atom stereocenters. The first-order chi connectivity index (χ1) is 8.97. The zero-order valence-corrected chi connectivity index (χ0v) is 10.6. The highest BCUT2D eigenvalue weighted by atomic mass is 35.5. The minimum Gasteiger partial charge on any atom is -0.380 e. The van der Waals surface area contributed by atoms with E-state index >= 15 is 0 Å². The molecule has 0 saturated carbocycles. The highest BCUT2D eigenvalue weighted by Crippen LogP contribution is 2.34. The highest BCUT2D eigenvalue weighted by molar-refractivity contribution is 6.30. The molecule has 0 fully saturated rings. The van der Waals surface area contributed by atoms with E-state index in [0.717, 1.165) is 11.6 Å². The van der Waals surface area contributed by atoms with Crippen molar-refractivity contribution in [3.63, 3.8) is 0 Å². The molecule has 0 aliphatic rings. The Kier molecular flexibility index (Phi) is 4.00. The monoisotopic (exact) mass is 285 g/mol. The molecule has 0 radical (unpaired) electrons. The second kappa shape index (κ2) is 5.53. The summed E-state index contributed by atoms with van der Waals surface area (Å²) < 4.78 is 38.3. The minimum absolute atomic E-state index is 0.0740. The molecular weight excluding hydrogens is 275 g/mol. The molecular formula is C14H11ClF3N. The van der Waals surface area contributed by atoms with Crippen LogP contribution in [0.2, 0.25) is 5.02 Å². The van der Waals surface area contributed by atoms with Gasteiger partial charge in [-0.2, -0.15) is 13.2 Å². The van der Waals surface area contributed by atoms with Gasteiger partial charge in [-0.15, -0.1) is 0 Å². The average Bonchev–Trinajstić information content (AvgIpc) is 2.37. The quantitative estimate of drug-likeness (QED) is 0.839. The Bertz CT molecular complexity index is 549. The fourth-order valence-electron chi connectivity index (χ4n) is 1.68. The fraction of sp³-hybridized carbons (Fsp3) is 0.143. The van der Waals surface area contributed by atoms with Gasteiger partial charge in [-0.05, 0) is 29.8 Å². The molecule has 1 N–H and O–H groups in total. The zero-order valence-electron chi connectivity index (χ0n) is 9.84. The van der Waals surface area contributed by atoms with Crippen LogP contribution in [0.1, 0.15) is 11.1 Å². The predicted octanol–water partition coefficient (Wildman–Crippen LogP) is 4.97. The van der Waals surface area contributed by atoms with Crippen LogP contribution >= 0.6 is 11.6 Å². The normalized spacial score (nSPS) is 11.4. The maximum Gasteiger partial charge on any atom is 0.418 e. The van der Waals surface area contributed by atoms with Gasteiger partial charge in [0.2, 0.25) is 0 Å². The Labute approximate surface area is 114 Å². The summed E-state index contributed by atoms with van der Waals surface area (Å²) in [5.74, 6) is 0. The first kappa shape index (κ1) is 13.7. The van der Waals surface area contributed by atoms with Crippen molar-refractivity contribution in [2.75, 3.05) is 5.32 Å². The van der Waals surface area contributed by atoms with E-state index < -0.39 is 11.7 Å². The predicted molar refractivity (Wildman–Crippen MR) is 70.2 cm³/mol. The number of benzene rings is 2. The number of para-hydroxylation sites is 1. The highest BCUT2D eigenvalue weighted by Gasteiger charge is 2.32. The SMILES string of the molecule is FC(F)(F)c1ccccc1NCc1ccc(Cl)cc1. The Balaban J connectivity index is 2.14. The third-order valence-electron chi connectivity index (χ3n) is 2.63. The van der Waals surface area contributed by atoms with Gasteiger partial charge in [-0.25, -0.2) is 0 Å². The number of nitrogens with one attached hydrogen (secondary N) is 1. The van der Waals surface area contributed by atoms with E-state index in [1.165, 1.54) is 12.1 Å². The van der Waals surface area contributed by atoms with Gasteiger partial charge in [0.25, 0.3) is 0 Å². The number of hydrogen-bond donors (Lipinski definition) is 1. The van der Waals surface area contributed by atoms with E-state index in [2.05, 4.69) is 5.32 Å². The molecule has 2 rings (SSSR count). The van der Waals surface area contributed by atoms with Crippen LogP contribution in [-0.2, 0) is 12.7 Å². The second-order valence-electron chi connectivity index (χ2n) is 4.02. The van der Waals surface area contributed by atoms with Crippen LogP contribution in [0.5, 0.6) is 0 Å². The molecule has 0 amide bonds. The molecule has 2 aromatic rings. The summed E-state index contributed by atoms with van der Waals surface area (Å²) in [5, 5.41) is 3.39. The molecule has 0 saturated heterocycles. The van der Waals surface area contributed by atoms with Gasteiger partial charge in [0, 0.05) is 17.3 Å². The van der Waals surface area contributed by atoms with Crippen LogP contribution < -0.4 is 5.32 Å². The van der Waals surface area contributed by atoms with E-state index in [1.807, 2.05) is 0 Å². The van der Waals surface area contributed by atoms with Crippen LogP contribution in [0.4, 0.5) is 18.9 Å². The van der Waals surface area contributed by atoms with Crippen molar-refractivity contribution in [2.24, 2.45) is 0 Å². The molecule has 1 nitrogen and oxygen atoms in total. The number of hydrogen-bond acceptors (Lipinski definition) is 1. The first-order valence-electron chi connectivity index (χ1n) is 5.61. The molecule has 0 aliphatic heterocycles. The van der Waals surface area contributed by atoms with Crippen molar-refractivity contribution in [3.05, 3.63) is 64.7 Å². The second-order valence-corrected chi connectivity index (χ2v) is 4.46. The van der Waals surface area contributed by atoms with Crippen molar-refractivity contribution >= 4 is 17.3 Å². The lowest BCUT2D eigenvalue weighted by atomic mass is 10.1. The van der Waals surface area contributed by atoms with E-state index in [4.69, 9.17) is 11.6 Å². The van der Waals surface area contributed by atoms with Crippen LogP contribution in [0.3, 0.4) is 0 Å². The Morgan fingerprint density at radius 2 is 1.58 bits per heavy atom. The van der Waals surface area contributed by atoms with Crippen molar-refractivity contribution in [1.29, 1.82) is 0 Å². The Hall–Kier alpha value is -1.68. The third kappa shape index (κ3) is 3.64. The van der Waals surface area contributed by atoms with Gasteiger partial charge >= 0.3 is 6.18 Å². The number of rotatable bonds is 3. The van der Waals surface area contributed by atoms with Crippen LogP contribution in [0, 0.1) is 0 Å². The summed E-state index contributed by atoms with van der Waals surface area (Å²) in [7, 11) is 0. The zero-order chi connectivity index (χ0) is 13.9. The number of anilines is 1. The Morgan fingerprint density at radius 3 is 2.21 bits per heavy atom. The van der Waals surface area contributed by atoms with Crippen molar-refractivity contribution in [1.82, 2.24) is 0 Å². The molecule has 0 atom stereocenters. The van der Waals surface area contributed by atoms with Gasteiger partial charge in [0.05, 0.1) is 5.56 Å². The lowest BCUT2D eigenvalue weighted by Crippen LogP contribution is -2.10. The summed E-state index contributed by atoms with van der Waals surface area (Å²) >= 11 is 5.74. The molecule has 0 bridgehead atoms. The molecule has 0 aliphatic carbocycles. The van der Waals surface area contributed by atoms with E-state index in [-0.39, 0.29) is 5.69 Å². The van der Waals surface area contributed by atoms with Crippen LogP contribution in [-0.4, -0.2) is 0 Å². The van der Waals surface area contributed by atoms with Crippen molar-refractivity contribution < 1.29 is 13.2 Å². The lowest BCUT2D eigenvalue weighted by Gasteiger charge is -2.14. The van der Waals surface area contributed by atoms with Crippen LogP contribution in [0.25, 0.3) is 0 Å². The molecule has 5 heteroatoms. The van der Waals surface area contributed by atoms with Gasteiger partial charge in [0.1, 0.15) is 0 Å². The van der Waals surface area contributed by atoms with Gasteiger partial charge in [0.15, 0.2) is 0 Å². The molecule has 19 heavy (non-hydrogen) atoms. The lowest BCUT2D eigenvalue weighted by molar-refractivity contribution is -0.136. The largest absolute Gasteiger partial charge is 0.418 e. The third-order valence-corrected chi connectivity index (χ3v) is 2.88. The molecule has 100 valence electrons. The smallest absolute Gasteiger partial charge is 0.380 e. The maximum atomic E-state index is 12.8. The summed E-state index contributed by atoms with van der Waals surface area (Å²) in [6.45, 7) is 0.310. The molecule has 0 heterocycles. The molecule has 0 aromatic heterocycles. The van der Waals surface area contributed by atoms with E-state index in [9.17, 15) is 13.2 Å². The molecule has 0 spiro atoms. The van der Waals surface area contributed by atoms with Gasteiger partial charge in [-0.1, -0.05) is 35.9 Å². The summed E-state index contributed by atoms with van der Waals surface area (Å²) in [6.07, 6.45) is -4.36. The van der Waals surface area contributed by atoms with E-state index in [1.54, 1.807) is 30.3 Å². The van der Waals surface area contributed by atoms with E-state index in [0.29, 0.717) is 11.6 Å². The summed E-state index contributed by atoms with van der Waals surface area (Å²) in [6, 6.07) is 12.4. The first-order valence-corrected chi connectivity index (χ1v) is 5.99. The summed E-state index contributed by atoms with van der Waals surface area (Å²) in [4.78, 5) is 0. The van der Waals surface area contributed by atoms with Crippen LogP contribution in [0.15, 0.2) is 48.5 Å². The standard InChI is InChI=1S/C14H11ClF3N/c15-11-7-5-10(6-8-11)9-19-13-4-2-1-3-12(13)14(16,17)18/h1-8,19H,9H2. The summed E-state index contributed by atoms with van der Waals surface area (Å²) in [5.41, 5.74) is 0.273. The van der Waals surface area contributed by atoms with Crippen molar-refractivity contribution in [2.45, 2.75) is 12.7 Å². The van der Waals surface area contributed by atoms with Crippen molar-refractivity contribution in [3.8, 4) is 0 Å². The Morgan fingerprint density at radius 1 is 0.947 bits per heavy atom. The molecule has 2 aromatic carbocycles. The van der Waals surface area contributed by atoms with Gasteiger partial charge < -0.3 is 5.32 Å². The fourth-order valence-corrected chi connectivity index (χ4v) is 1.81. The van der Waals surface area contributed by atoms with Gasteiger partial charge in [-0.3, -0.25) is 0 Å².